The molecule has 0 fully saturated rings. The second kappa shape index (κ2) is 5.48. The van der Waals surface area contributed by atoms with Crippen molar-refractivity contribution in [3.63, 3.8) is 0 Å². The summed E-state index contributed by atoms with van der Waals surface area (Å²) < 4.78 is 0. The molecule has 0 amide bonds. The number of hydrogen-bond donors (Lipinski definition) is 1. The van der Waals surface area contributed by atoms with Gasteiger partial charge in [-0.05, 0) is 48.5 Å². The van der Waals surface area contributed by atoms with Crippen molar-refractivity contribution < 1.29 is 0 Å². The van der Waals surface area contributed by atoms with Crippen molar-refractivity contribution in [2.24, 2.45) is 0 Å². The molecular formula is C15H19NS. The Bertz CT molecular complexity index is 470. The topological polar surface area (TPSA) is 12.0 Å². The molecule has 2 aromatic rings. The summed E-state index contributed by atoms with van der Waals surface area (Å²) in [7, 11) is 0. The molecule has 0 aliphatic carbocycles. The van der Waals surface area contributed by atoms with E-state index in [-0.39, 0.29) is 0 Å². The van der Waals surface area contributed by atoms with Crippen molar-refractivity contribution in [2.45, 2.75) is 26.8 Å². The van der Waals surface area contributed by atoms with Gasteiger partial charge in [-0.1, -0.05) is 31.2 Å². The molecule has 17 heavy (non-hydrogen) atoms. The summed E-state index contributed by atoms with van der Waals surface area (Å²) in [6, 6.07) is 11.5. The summed E-state index contributed by atoms with van der Waals surface area (Å²) in [5.74, 6) is 0. The van der Waals surface area contributed by atoms with Gasteiger partial charge < -0.3 is 5.32 Å². The second-order valence-electron chi connectivity index (χ2n) is 4.35. The Morgan fingerprint density at radius 2 is 1.88 bits per heavy atom. The molecule has 90 valence electrons. The maximum Gasteiger partial charge on any atom is 0.0291 e. The fourth-order valence-corrected chi connectivity index (χ4v) is 2.70. The molecule has 1 unspecified atom stereocenters. The molecule has 0 radical (unpaired) electrons. The van der Waals surface area contributed by atoms with Crippen LogP contribution >= 0.6 is 11.3 Å². The number of benzene rings is 1. The van der Waals surface area contributed by atoms with E-state index in [0.717, 1.165) is 6.54 Å². The van der Waals surface area contributed by atoms with Gasteiger partial charge in [0.15, 0.2) is 0 Å². The summed E-state index contributed by atoms with van der Waals surface area (Å²) in [4.78, 5) is 1.37. The molecular weight excluding hydrogens is 226 g/mol. The van der Waals surface area contributed by atoms with Crippen LogP contribution < -0.4 is 5.32 Å². The molecule has 2 heteroatoms. The predicted molar refractivity (Wildman–Crippen MR) is 76.6 cm³/mol. The third-order valence-electron chi connectivity index (χ3n) is 2.98. The standard InChI is InChI=1S/C15H19NS/c1-4-16-12(3)13-5-7-14(8-6-13)15-9-11(2)17-10-15/h5-10,12,16H,4H2,1-3H3. The largest absolute Gasteiger partial charge is 0.310 e. The Hall–Kier alpha value is -1.12. The van der Waals surface area contributed by atoms with Crippen LogP contribution in [0.2, 0.25) is 0 Å². The first-order valence-electron chi connectivity index (χ1n) is 6.09. The molecule has 1 aromatic carbocycles. The van der Waals surface area contributed by atoms with Gasteiger partial charge in [0.05, 0.1) is 0 Å². The van der Waals surface area contributed by atoms with Gasteiger partial charge in [-0.25, -0.2) is 0 Å². The fourth-order valence-electron chi connectivity index (χ4n) is 1.98. The summed E-state index contributed by atoms with van der Waals surface area (Å²) in [5, 5.41) is 5.65. The van der Waals surface area contributed by atoms with Crippen LogP contribution in [0.25, 0.3) is 11.1 Å². The average molecular weight is 245 g/mol. The molecule has 1 atom stereocenters. The van der Waals surface area contributed by atoms with E-state index in [0.29, 0.717) is 6.04 Å². The van der Waals surface area contributed by atoms with E-state index >= 15 is 0 Å². The lowest BCUT2D eigenvalue weighted by Gasteiger charge is -2.12. The van der Waals surface area contributed by atoms with Gasteiger partial charge in [-0.2, -0.15) is 0 Å². The zero-order chi connectivity index (χ0) is 12.3. The first-order chi connectivity index (χ1) is 8.20. The van der Waals surface area contributed by atoms with E-state index in [9.17, 15) is 0 Å². The first-order valence-corrected chi connectivity index (χ1v) is 6.97. The van der Waals surface area contributed by atoms with Gasteiger partial charge in [0, 0.05) is 10.9 Å². The Balaban J connectivity index is 2.18. The van der Waals surface area contributed by atoms with Crippen LogP contribution in [0.5, 0.6) is 0 Å². The zero-order valence-corrected chi connectivity index (χ0v) is 11.5. The summed E-state index contributed by atoms with van der Waals surface area (Å²) in [5.41, 5.74) is 3.99. The number of nitrogens with one attached hydrogen (secondary N) is 1. The summed E-state index contributed by atoms with van der Waals surface area (Å²) >= 11 is 1.81. The lowest BCUT2D eigenvalue weighted by molar-refractivity contribution is 0.598. The lowest BCUT2D eigenvalue weighted by atomic mass is 10.0. The highest BCUT2D eigenvalue weighted by Gasteiger charge is 2.04. The highest BCUT2D eigenvalue weighted by Crippen LogP contribution is 2.26. The third kappa shape index (κ3) is 2.96. The van der Waals surface area contributed by atoms with Gasteiger partial charge in [0.25, 0.3) is 0 Å². The average Bonchev–Trinajstić information content (AvgIpc) is 2.76. The Morgan fingerprint density at radius 3 is 2.41 bits per heavy atom. The Kier molecular flexibility index (Phi) is 3.97. The minimum Gasteiger partial charge on any atom is -0.310 e. The van der Waals surface area contributed by atoms with Gasteiger partial charge in [-0.15, -0.1) is 11.3 Å². The van der Waals surface area contributed by atoms with E-state index in [4.69, 9.17) is 0 Å². The molecule has 1 nitrogen and oxygen atoms in total. The Labute approximate surface area is 108 Å². The van der Waals surface area contributed by atoms with Crippen molar-refractivity contribution >= 4 is 11.3 Å². The molecule has 0 saturated carbocycles. The van der Waals surface area contributed by atoms with E-state index in [1.54, 1.807) is 11.3 Å². The van der Waals surface area contributed by atoms with Crippen LogP contribution in [0.4, 0.5) is 0 Å². The molecule has 1 heterocycles. The molecule has 0 spiro atoms. The zero-order valence-electron chi connectivity index (χ0n) is 10.7. The van der Waals surface area contributed by atoms with Crippen molar-refractivity contribution in [3.05, 3.63) is 46.2 Å². The quantitative estimate of drug-likeness (QED) is 0.842. The number of aryl methyl sites for hydroxylation is 1. The van der Waals surface area contributed by atoms with E-state index < -0.39 is 0 Å². The molecule has 0 bridgehead atoms. The highest BCUT2D eigenvalue weighted by atomic mass is 32.1. The minimum atomic E-state index is 0.429. The molecule has 2 rings (SSSR count). The van der Waals surface area contributed by atoms with Crippen LogP contribution in [-0.2, 0) is 0 Å². The van der Waals surface area contributed by atoms with Crippen LogP contribution in [0.15, 0.2) is 35.7 Å². The fraction of sp³-hybridized carbons (Fsp3) is 0.333. The highest BCUT2D eigenvalue weighted by molar-refractivity contribution is 7.10. The summed E-state index contributed by atoms with van der Waals surface area (Å²) in [6.45, 7) is 7.49. The normalized spacial score (nSPS) is 12.6. The van der Waals surface area contributed by atoms with Crippen LogP contribution in [0, 0.1) is 6.92 Å². The third-order valence-corrected chi connectivity index (χ3v) is 3.85. The summed E-state index contributed by atoms with van der Waals surface area (Å²) in [6.07, 6.45) is 0. The minimum absolute atomic E-state index is 0.429. The SMILES string of the molecule is CCNC(C)c1ccc(-c2csc(C)c2)cc1. The van der Waals surface area contributed by atoms with Crippen molar-refractivity contribution in [1.29, 1.82) is 0 Å². The van der Waals surface area contributed by atoms with Crippen molar-refractivity contribution in [1.82, 2.24) is 5.32 Å². The van der Waals surface area contributed by atoms with Crippen LogP contribution in [-0.4, -0.2) is 6.54 Å². The first kappa shape index (κ1) is 12.3. The maximum absolute atomic E-state index is 3.43. The number of thiophene rings is 1. The lowest BCUT2D eigenvalue weighted by Crippen LogP contribution is -2.17. The molecule has 0 aliphatic rings. The van der Waals surface area contributed by atoms with Gasteiger partial charge >= 0.3 is 0 Å². The second-order valence-corrected chi connectivity index (χ2v) is 5.46. The molecule has 1 N–H and O–H groups in total. The van der Waals surface area contributed by atoms with Crippen molar-refractivity contribution in [2.75, 3.05) is 6.54 Å². The molecule has 0 saturated heterocycles. The van der Waals surface area contributed by atoms with Gasteiger partial charge in [0.1, 0.15) is 0 Å². The number of rotatable bonds is 4. The molecule has 0 aliphatic heterocycles. The van der Waals surface area contributed by atoms with Crippen molar-refractivity contribution in [3.8, 4) is 11.1 Å². The predicted octanol–water partition coefficient (Wildman–Crippen LogP) is 4.39. The Morgan fingerprint density at radius 1 is 1.18 bits per heavy atom. The van der Waals surface area contributed by atoms with Crippen LogP contribution in [0.1, 0.15) is 30.3 Å². The number of hydrogen-bond acceptors (Lipinski definition) is 2. The van der Waals surface area contributed by atoms with Crippen LogP contribution in [0.3, 0.4) is 0 Å². The van der Waals surface area contributed by atoms with E-state index in [1.165, 1.54) is 21.6 Å². The van der Waals surface area contributed by atoms with Gasteiger partial charge in [0.2, 0.25) is 0 Å². The van der Waals surface area contributed by atoms with E-state index in [2.05, 4.69) is 61.8 Å². The smallest absolute Gasteiger partial charge is 0.0291 e. The molecule has 1 aromatic heterocycles. The monoisotopic (exact) mass is 245 g/mol. The maximum atomic E-state index is 3.43. The van der Waals surface area contributed by atoms with Gasteiger partial charge in [-0.3, -0.25) is 0 Å². The van der Waals surface area contributed by atoms with E-state index in [1.807, 2.05) is 0 Å².